The molecule has 64 heavy (non-hydrogen) atoms. The van der Waals surface area contributed by atoms with Crippen LogP contribution in [0.2, 0.25) is 5.02 Å². The molecular weight excluding hydrogens is 866 g/mol. The van der Waals surface area contributed by atoms with E-state index >= 15 is 0 Å². The molecule has 0 saturated carbocycles. The summed E-state index contributed by atoms with van der Waals surface area (Å²) in [5.41, 5.74) is 4.01. The van der Waals surface area contributed by atoms with Gasteiger partial charge >= 0.3 is 5.97 Å². The Kier molecular flexibility index (Phi) is 21.1. The number of fused-ring (bicyclic) bond motifs is 3. The standard InChI is InChI=1S/C46H62ClN5O11S/c1-32-33(2)64-45-42(32)43(35-7-9-36(47)10-8-35)49-39(44-51-50-34(3)52(44)45)31-40(53)48-37-11-13-38(14-12-37)62-30-29-61-28-27-60-26-25-59-24-23-58-22-21-57-20-19-56-18-17-55-16-15-41(54)63-46(4,5)6/h7-14,39H,15-31H2,1-6H3,(H,48,53)/t39-/m0/s1. The largest absolute Gasteiger partial charge is 0.491 e. The summed E-state index contributed by atoms with van der Waals surface area (Å²) in [7, 11) is 0. The number of rotatable bonds is 29. The van der Waals surface area contributed by atoms with E-state index in [2.05, 4.69) is 29.4 Å². The third-order valence-electron chi connectivity index (χ3n) is 9.47. The van der Waals surface area contributed by atoms with Crippen molar-refractivity contribution in [3.05, 3.63) is 86.8 Å². The van der Waals surface area contributed by atoms with Crippen molar-refractivity contribution in [1.29, 1.82) is 0 Å². The van der Waals surface area contributed by atoms with Gasteiger partial charge in [0, 0.05) is 26.7 Å². The van der Waals surface area contributed by atoms with Crippen LogP contribution in [0.5, 0.6) is 5.75 Å². The first-order chi connectivity index (χ1) is 30.9. The Balaban J connectivity index is 0.864. The molecule has 5 rings (SSSR count). The maximum absolute atomic E-state index is 13.5. The van der Waals surface area contributed by atoms with Crippen molar-refractivity contribution in [1.82, 2.24) is 14.8 Å². The second-order valence-corrected chi connectivity index (χ2v) is 17.3. The van der Waals surface area contributed by atoms with Crippen LogP contribution in [-0.4, -0.2) is 137 Å². The predicted molar refractivity (Wildman–Crippen MR) is 245 cm³/mol. The zero-order valence-corrected chi connectivity index (χ0v) is 39.4. The number of aryl methyl sites for hydroxylation is 2. The van der Waals surface area contributed by atoms with E-state index in [0.29, 0.717) is 121 Å². The van der Waals surface area contributed by atoms with E-state index < -0.39 is 11.6 Å². The number of aliphatic imine (C=N–C) groups is 1. The van der Waals surface area contributed by atoms with Gasteiger partial charge in [0.1, 0.15) is 34.8 Å². The first-order valence-electron chi connectivity index (χ1n) is 21.5. The molecule has 0 unspecified atom stereocenters. The van der Waals surface area contributed by atoms with Crippen molar-refractivity contribution < 1.29 is 52.2 Å². The lowest BCUT2D eigenvalue weighted by atomic mass is 9.99. The molecule has 1 aliphatic heterocycles. The minimum Gasteiger partial charge on any atom is -0.491 e. The SMILES string of the molecule is Cc1sc2c(c1C)C(c1ccc(Cl)cc1)=N[C@@H](CC(=O)Nc1ccc(OCCOCCOCCOCCOCCOCCOCCOCCC(=O)OC(C)(C)C)cc1)c1nnc(C)n1-2. The minimum absolute atomic E-state index is 0.0696. The van der Waals surface area contributed by atoms with E-state index in [1.807, 2.05) is 56.5 Å². The van der Waals surface area contributed by atoms with Crippen molar-refractivity contribution in [2.75, 3.05) is 104 Å². The Morgan fingerprint density at radius 3 is 1.75 bits per heavy atom. The Bertz CT molecular complexity index is 2070. The van der Waals surface area contributed by atoms with Gasteiger partial charge < -0.3 is 47.9 Å². The lowest BCUT2D eigenvalue weighted by Gasteiger charge is -2.19. The van der Waals surface area contributed by atoms with E-state index in [1.165, 1.54) is 4.88 Å². The second kappa shape index (κ2) is 26.6. The molecule has 2 aromatic carbocycles. The minimum atomic E-state index is -0.571. The average molecular weight is 929 g/mol. The number of hydrogen-bond donors (Lipinski definition) is 1. The molecule has 1 aliphatic rings. The molecule has 0 bridgehead atoms. The molecule has 1 N–H and O–H groups in total. The average Bonchev–Trinajstić information content (AvgIpc) is 3.73. The molecule has 16 nitrogen and oxygen atoms in total. The highest BCUT2D eigenvalue weighted by Gasteiger charge is 2.32. The number of ether oxygens (including phenoxy) is 9. The van der Waals surface area contributed by atoms with Crippen LogP contribution in [0, 0.1) is 20.8 Å². The van der Waals surface area contributed by atoms with Crippen LogP contribution in [0.4, 0.5) is 5.69 Å². The highest BCUT2D eigenvalue weighted by molar-refractivity contribution is 7.15. The van der Waals surface area contributed by atoms with Crippen molar-refractivity contribution in [3.8, 4) is 10.8 Å². The van der Waals surface area contributed by atoms with Crippen molar-refractivity contribution in [2.45, 2.75) is 66.0 Å². The number of benzene rings is 2. The fraction of sp³-hybridized carbons (Fsp3) is 0.543. The molecule has 2 aromatic heterocycles. The van der Waals surface area contributed by atoms with Gasteiger partial charge in [0.2, 0.25) is 5.91 Å². The summed E-state index contributed by atoms with van der Waals surface area (Å²) in [6.45, 7) is 18.1. The van der Waals surface area contributed by atoms with Crippen LogP contribution in [0.25, 0.3) is 5.00 Å². The van der Waals surface area contributed by atoms with Gasteiger partial charge in [0.15, 0.2) is 5.82 Å². The van der Waals surface area contributed by atoms with Crippen LogP contribution >= 0.6 is 22.9 Å². The summed E-state index contributed by atoms with van der Waals surface area (Å²) in [5, 5.41) is 13.5. The number of carbonyl (C=O) groups is 2. The molecule has 350 valence electrons. The van der Waals surface area contributed by atoms with Gasteiger partial charge in [-0.3, -0.25) is 19.1 Å². The highest BCUT2D eigenvalue weighted by Crippen LogP contribution is 2.39. The van der Waals surface area contributed by atoms with E-state index in [-0.39, 0.29) is 24.7 Å². The van der Waals surface area contributed by atoms with Crippen LogP contribution in [-0.2, 0) is 47.5 Å². The van der Waals surface area contributed by atoms with Crippen molar-refractivity contribution in [2.24, 2.45) is 4.99 Å². The molecule has 0 fully saturated rings. The van der Waals surface area contributed by atoms with E-state index in [4.69, 9.17) is 59.2 Å². The van der Waals surface area contributed by atoms with Gasteiger partial charge in [-0.15, -0.1) is 21.5 Å². The van der Waals surface area contributed by atoms with Gasteiger partial charge in [-0.2, -0.15) is 0 Å². The summed E-state index contributed by atoms with van der Waals surface area (Å²) >= 11 is 7.91. The number of nitrogens with one attached hydrogen (secondary N) is 1. The van der Waals surface area contributed by atoms with E-state index in [0.717, 1.165) is 33.2 Å². The summed E-state index contributed by atoms with van der Waals surface area (Å²) in [6.07, 6.45) is 0.290. The fourth-order valence-corrected chi connectivity index (χ4v) is 7.68. The van der Waals surface area contributed by atoms with Gasteiger partial charge in [0.25, 0.3) is 0 Å². The molecule has 0 aliphatic carbocycles. The van der Waals surface area contributed by atoms with E-state index in [1.54, 1.807) is 35.6 Å². The number of esters is 1. The molecule has 0 saturated heterocycles. The third kappa shape index (κ3) is 16.9. The molecular formula is C46H62ClN5O11S. The van der Waals surface area contributed by atoms with Gasteiger partial charge in [-0.25, -0.2) is 0 Å². The molecule has 0 radical (unpaired) electrons. The second-order valence-electron chi connectivity index (χ2n) is 15.7. The molecule has 1 amide bonds. The quantitative estimate of drug-likeness (QED) is 0.0434. The van der Waals surface area contributed by atoms with Crippen LogP contribution < -0.4 is 10.1 Å². The Labute approximate surface area is 384 Å². The first kappa shape index (κ1) is 50.7. The zero-order valence-electron chi connectivity index (χ0n) is 37.8. The summed E-state index contributed by atoms with van der Waals surface area (Å²) in [4.78, 5) is 31.5. The molecule has 3 heterocycles. The smallest absolute Gasteiger partial charge is 0.308 e. The number of amides is 1. The number of hydrogen-bond acceptors (Lipinski definition) is 15. The van der Waals surface area contributed by atoms with Gasteiger partial charge in [-0.05, 0) is 83.5 Å². The first-order valence-corrected chi connectivity index (χ1v) is 22.7. The zero-order chi connectivity index (χ0) is 45.7. The number of nitrogens with zero attached hydrogens (tertiary/aromatic N) is 4. The summed E-state index contributed by atoms with van der Waals surface area (Å²) in [6, 6.07) is 14.3. The normalized spacial score (nSPS) is 13.5. The molecule has 4 aromatic rings. The molecule has 0 spiro atoms. The van der Waals surface area contributed by atoms with Gasteiger partial charge in [-0.1, -0.05) is 23.7 Å². The fourth-order valence-electron chi connectivity index (χ4n) is 6.34. The molecule has 1 atom stereocenters. The Hall–Kier alpha value is -4.30. The maximum Gasteiger partial charge on any atom is 0.308 e. The van der Waals surface area contributed by atoms with Crippen molar-refractivity contribution in [3.63, 3.8) is 0 Å². The number of aromatic nitrogens is 3. The van der Waals surface area contributed by atoms with Crippen molar-refractivity contribution >= 4 is 46.2 Å². The number of halogens is 1. The predicted octanol–water partition coefficient (Wildman–Crippen LogP) is 7.06. The maximum atomic E-state index is 13.5. The Morgan fingerprint density at radius 1 is 0.703 bits per heavy atom. The summed E-state index contributed by atoms with van der Waals surface area (Å²) < 4.78 is 51.6. The van der Waals surface area contributed by atoms with E-state index in [9.17, 15) is 9.59 Å². The lowest BCUT2D eigenvalue weighted by molar-refractivity contribution is -0.156. The number of carbonyl (C=O) groups excluding carboxylic acids is 2. The van der Waals surface area contributed by atoms with Gasteiger partial charge in [0.05, 0.1) is 111 Å². The lowest BCUT2D eigenvalue weighted by Crippen LogP contribution is -2.24. The molecule has 18 heteroatoms. The van der Waals surface area contributed by atoms with Crippen LogP contribution in [0.1, 0.15) is 72.9 Å². The Morgan fingerprint density at radius 2 is 1.22 bits per heavy atom. The van der Waals surface area contributed by atoms with Crippen LogP contribution in [0.3, 0.4) is 0 Å². The monoisotopic (exact) mass is 927 g/mol. The third-order valence-corrected chi connectivity index (χ3v) is 10.9. The number of anilines is 1. The highest BCUT2D eigenvalue weighted by atomic mass is 35.5. The summed E-state index contributed by atoms with van der Waals surface area (Å²) in [5.74, 6) is 1.54. The van der Waals surface area contributed by atoms with Crippen LogP contribution in [0.15, 0.2) is 53.5 Å². The topological polar surface area (TPSA) is 172 Å². The number of thiophene rings is 1.